The second kappa shape index (κ2) is 6.28. The van der Waals surface area contributed by atoms with Crippen molar-refractivity contribution in [1.29, 1.82) is 0 Å². The summed E-state index contributed by atoms with van der Waals surface area (Å²) in [5, 5.41) is 8.40. The van der Waals surface area contributed by atoms with Crippen LogP contribution in [0.2, 0.25) is 0 Å². The molecule has 0 aliphatic heterocycles. The SMILES string of the molecule is C[NH+](C)CCCNc1cc(Br)c2noc3c2c1C(=O)c1ccccc1-3. The number of aromatic nitrogens is 1. The summed E-state index contributed by atoms with van der Waals surface area (Å²) in [6, 6.07) is 9.46. The van der Waals surface area contributed by atoms with E-state index in [0.29, 0.717) is 22.4 Å². The predicted octanol–water partition coefficient (Wildman–Crippen LogP) is 2.75. The van der Waals surface area contributed by atoms with E-state index >= 15 is 0 Å². The van der Waals surface area contributed by atoms with Gasteiger partial charge in [0.1, 0.15) is 5.52 Å². The lowest BCUT2D eigenvalue weighted by atomic mass is 9.87. The minimum absolute atomic E-state index is 0.0181. The molecule has 2 aromatic carbocycles. The second-order valence-electron chi connectivity index (χ2n) is 6.63. The van der Waals surface area contributed by atoms with Gasteiger partial charge in [-0.1, -0.05) is 29.4 Å². The minimum Gasteiger partial charge on any atom is -0.384 e. The third-order valence-electron chi connectivity index (χ3n) is 4.52. The standard InChI is InChI=1S/C19H18BrN3O2/c1-23(2)9-5-8-21-14-10-13(20)17-16-15(14)18(24)11-6-3-4-7-12(11)19(16)25-22-17/h3-4,6-7,10,21H,5,8-9H2,1-2H3/p+1. The highest BCUT2D eigenvalue weighted by Gasteiger charge is 2.32. The van der Waals surface area contributed by atoms with Crippen molar-refractivity contribution in [3.8, 4) is 11.3 Å². The molecule has 3 aromatic rings. The topological polar surface area (TPSA) is 59.6 Å². The number of hydrogen-bond donors (Lipinski definition) is 2. The molecule has 4 rings (SSSR count). The lowest BCUT2D eigenvalue weighted by Gasteiger charge is -2.18. The number of anilines is 1. The van der Waals surface area contributed by atoms with Gasteiger partial charge in [0.15, 0.2) is 11.5 Å². The van der Waals surface area contributed by atoms with Crippen molar-refractivity contribution < 1.29 is 14.2 Å². The molecule has 25 heavy (non-hydrogen) atoms. The molecule has 0 fully saturated rings. The van der Waals surface area contributed by atoms with Crippen LogP contribution in [0.1, 0.15) is 22.3 Å². The largest absolute Gasteiger partial charge is 0.384 e. The lowest BCUT2D eigenvalue weighted by molar-refractivity contribution is -0.858. The van der Waals surface area contributed by atoms with Crippen LogP contribution in [-0.4, -0.2) is 38.1 Å². The summed E-state index contributed by atoms with van der Waals surface area (Å²) in [5.41, 5.74) is 3.65. The summed E-state index contributed by atoms with van der Waals surface area (Å²) in [5.74, 6) is 0.687. The molecule has 0 unspecified atom stereocenters. The molecule has 1 heterocycles. The van der Waals surface area contributed by atoms with Crippen LogP contribution in [0.25, 0.3) is 22.2 Å². The zero-order chi connectivity index (χ0) is 17.6. The van der Waals surface area contributed by atoms with Gasteiger partial charge in [0.2, 0.25) is 0 Å². The average Bonchev–Trinajstić information content (AvgIpc) is 3.03. The Labute approximate surface area is 154 Å². The molecule has 6 heteroatoms. The minimum atomic E-state index is 0.0181. The molecule has 1 aliphatic rings. The van der Waals surface area contributed by atoms with Gasteiger partial charge in [-0.05, 0) is 22.0 Å². The Kier molecular flexibility index (Phi) is 4.09. The number of nitrogens with zero attached hydrogens (tertiary/aromatic N) is 1. The Morgan fingerprint density at radius 3 is 2.76 bits per heavy atom. The van der Waals surface area contributed by atoms with E-state index in [9.17, 15) is 4.79 Å². The molecule has 1 aliphatic carbocycles. The number of ketones is 1. The molecule has 0 radical (unpaired) electrons. The van der Waals surface area contributed by atoms with E-state index in [1.807, 2.05) is 30.3 Å². The lowest BCUT2D eigenvalue weighted by Crippen LogP contribution is -3.05. The second-order valence-corrected chi connectivity index (χ2v) is 7.48. The van der Waals surface area contributed by atoms with Crippen LogP contribution in [0.5, 0.6) is 0 Å². The molecule has 0 bridgehead atoms. The van der Waals surface area contributed by atoms with Crippen LogP contribution >= 0.6 is 15.9 Å². The van der Waals surface area contributed by atoms with Gasteiger partial charge in [0, 0.05) is 34.3 Å². The number of rotatable bonds is 5. The molecule has 1 aromatic heterocycles. The summed E-state index contributed by atoms with van der Waals surface area (Å²) < 4.78 is 6.43. The molecular weight excluding hydrogens is 382 g/mol. The van der Waals surface area contributed by atoms with E-state index in [1.165, 1.54) is 4.90 Å². The first-order valence-corrected chi connectivity index (χ1v) is 9.16. The van der Waals surface area contributed by atoms with Crippen molar-refractivity contribution in [3.63, 3.8) is 0 Å². The molecule has 0 saturated heterocycles. The van der Waals surface area contributed by atoms with Crippen LogP contribution in [-0.2, 0) is 0 Å². The maximum Gasteiger partial charge on any atom is 0.196 e. The number of benzene rings is 2. The number of quaternary nitrogens is 1. The highest BCUT2D eigenvalue weighted by Crippen LogP contribution is 2.44. The van der Waals surface area contributed by atoms with Crippen LogP contribution in [0.4, 0.5) is 5.69 Å². The summed E-state index contributed by atoms with van der Waals surface area (Å²) in [6.07, 6.45) is 1.03. The first kappa shape index (κ1) is 16.3. The van der Waals surface area contributed by atoms with E-state index in [4.69, 9.17) is 4.52 Å². The van der Waals surface area contributed by atoms with E-state index < -0.39 is 0 Å². The van der Waals surface area contributed by atoms with Crippen molar-refractivity contribution in [2.45, 2.75) is 6.42 Å². The van der Waals surface area contributed by atoms with Crippen LogP contribution in [0.15, 0.2) is 39.3 Å². The molecule has 128 valence electrons. The van der Waals surface area contributed by atoms with Gasteiger partial charge in [0.25, 0.3) is 0 Å². The first-order chi connectivity index (χ1) is 12.1. The van der Waals surface area contributed by atoms with Crippen LogP contribution < -0.4 is 10.2 Å². The van der Waals surface area contributed by atoms with Gasteiger partial charge in [-0.25, -0.2) is 0 Å². The molecule has 0 spiro atoms. The van der Waals surface area contributed by atoms with Crippen LogP contribution in [0.3, 0.4) is 0 Å². The zero-order valence-electron chi connectivity index (χ0n) is 14.1. The van der Waals surface area contributed by atoms with E-state index in [1.54, 1.807) is 0 Å². The fourth-order valence-electron chi connectivity index (χ4n) is 3.32. The summed E-state index contributed by atoms with van der Waals surface area (Å²) >= 11 is 3.56. The monoisotopic (exact) mass is 400 g/mol. The maximum absolute atomic E-state index is 13.1. The molecule has 2 N–H and O–H groups in total. The van der Waals surface area contributed by atoms with E-state index in [0.717, 1.165) is 40.6 Å². The van der Waals surface area contributed by atoms with Crippen molar-refractivity contribution in [3.05, 3.63) is 45.9 Å². The number of fused-ring (bicyclic) bond motifs is 2. The molecular formula is C19H19BrN3O2+. The zero-order valence-corrected chi connectivity index (χ0v) is 15.7. The maximum atomic E-state index is 13.1. The van der Waals surface area contributed by atoms with Gasteiger partial charge in [0.05, 0.1) is 31.6 Å². The smallest absolute Gasteiger partial charge is 0.196 e. The highest BCUT2D eigenvalue weighted by molar-refractivity contribution is 9.10. The van der Waals surface area contributed by atoms with Gasteiger partial charge >= 0.3 is 0 Å². The van der Waals surface area contributed by atoms with Crippen LogP contribution in [0, 0.1) is 0 Å². The Morgan fingerprint density at radius 1 is 1.24 bits per heavy atom. The predicted molar refractivity (Wildman–Crippen MR) is 101 cm³/mol. The average molecular weight is 401 g/mol. The quantitative estimate of drug-likeness (QED) is 0.505. The molecule has 0 amide bonds. The third-order valence-corrected chi connectivity index (χ3v) is 5.13. The van der Waals surface area contributed by atoms with Gasteiger partial charge in [-0.3, -0.25) is 4.79 Å². The highest BCUT2D eigenvalue weighted by atomic mass is 79.9. The van der Waals surface area contributed by atoms with Crippen molar-refractivity contribution in [1.82, 2.24) is 5.16 Å². The van der Waals surface area contributed by atoms with Crippen molar-refractivity contribution in [2.24, 2.45) is 0 Å². The molecule has 5 nitrogen and oxygen atoms in total. The summed E-state index contributed by atoms with van der Waals surface area (Å²) in [7, 11) is 4.27. The number of hydrogen-bond acceptors (Lipinski definition) is 4. The molecule has 0 saturated carbocycles. The fourth-order valence-corrected chi connectivity index (χ4v) is 3.82. The van der Waals surface area contributed by atoms with Gasteiger partial charge < -0.3 is 14.7 Å². The number of halogens is 1. The normalized spacial score (nSPS) is 12.7. The number of carbonyl (C=O) groups is 1. The third kappa shape index (κ3) is 2.65. The fraction of sp³-hybridized carbons (Fsp3) is 0.263. The Morgan fingerprint density at radius 2 is 2.00 bits per heavy atom. The summed E-state index contributed by atoms with van der Waals surface area (Å²) in [4.78, 5) is 14.5. The van der Waals surface area contributed by atoms with Crippen molar-refractivity contribution >= 4 is 38.3 Å². The Hall–Kier alpha value is -2.18. The summed E-state index contributed by atoms with van der Waals surface area (Å²) in [6.45, 7) is 1.88. The van der Waals surface area contributed by atoms with Gasteiger partial charge in [-0.2, -0.15) is 0 Å². The van der Waals surface area contributed by atoms with Crippen molar-refractivity contribution in [2.75, 3.05) is 32.5 Å². The number of nitrogens with one attached hydrogen (secondary N) is 2. The first-order valence-electron chi connectivity index (χ1n) is 8.37. The van der Waals surface area contributed by atoms with Gasteiger partial charge in [-0.15, -0.1) is 0 Å². The van der Waals surface area contributed by atoms with E-state index in [2.05, 4.69) is 40.5 Å². The Bertz CT molecular complexity index is 978. The van der Waals surface area contributed by atoms with E-state index in [-0.39, 0.29) is 5.78 Å². The Balaban J connectivity index is 1.82. The number of carbonyl (C=O) groups excluding carboxylic acids is 1. The molecule has 0 atom stereocenters.